The first-order chi connectivity index (χ1) is 7.66. The summed E-state index contributed by atoms with van der Waals surface area (Å²) in [5.74, 6) is 0. The third-order valence-corrected chi connectivity index (χ3v) is 3.77. The van der Waals surface area contributed by atoms with Crippen LogP contribution in [-0.2, 0) is 6.54 Å². The van der Waals surface area contributed by atoms with Crippen LogP contribution in [0.4, 0.5) is 5.69 Å². The highest BCUT2D eigenvalue weighted by Gasteiger charge is 1.99. The van der Waals surface area contributed by atoms with E-state index in [4.69, 9.17) is 0 Å². The van der Waals surface area contributed by atoms with Crippen LogP contribution in [0.2, 0.25) is 0 Å². The van der Waals surface area contributed by atoms with Crippen LogP contribution >= 0.6 is 11.3 Å². The van der Waals surface area contributed by atoms with Crippen LogP contribution in [0.15, 0.2) is 29.0 Å². The summed E-state index contributed by atoms with van der Waals surface area (Å²) < 4.78 is 0. The van der Waals surface area contributed by atoms with Crippen molar-refractivity contribution in [2.45, 2.75) is 27.3 Å². The van der Waals surface area contributed by atoms with E-state index >= 15 is 0 Å². The second kappa shape index (κ2) is 4.71. The Kier molecular flexibility index (Phi) is 3.30. The van der Waals surface area contributed by atoms with Crippen molar-refractivity contribution in [3.63, 3.8) is 0 Å². The molecule has 0 bridgehead atoms. The number of hydrogen-bond donors (Lipinski definition) is 1. The van der Waals surface area contributed by atoms with Crippen molar-refractivity contribution in [3.8, 4) is 0 Å². The Morgan fingerprint density at radius 3 is 2.44 bits per heavy atom. The number of thiophene rings is 1. The van der Waals surface area contributed by atoms with E-state index in [0.29, 0.717) is 0 Å². The lowest BCUT2D eigenvalue weighted by Crippen LogP contribution is -2.00. The smallest absolute Gasteiger partial charge is 0.0481 e. The van der Waals surface area contributed by atoms with Gasteiger partial charge in [0.1, 0.15) is 0 Å². The summed E-state index contributed by atoms with van der Waals surface area (Å²) in [4.78, 5) is 0. The van der Waals surface area contributed by atoms with Crippen molar-refractivity contribution in [2.75, 3.05) is 5.32 Å². The minimum absolute atomic E-state index is 0.901. The summed E-state index contributed by atoms with van der Waals surface area (Å²) in [6.45, 7) is 7.35. The summed E-state index contributed by atoms with van der Waals surface area (Å²) in [5, 5.41) is 7.80. The first-order valence-electron chi connectivity index (χ1n) is 5.49. The maximum absolute atomic E-state index is 3.47. The van der Waals surface area contributed by atoms with E-state index in [-0.39, 0.29) is 0 Å². The van der Waals surface area contributed by atoms with Gasteiger partial charge in [0.2, 0.25) is 0 Å². The molecule has 1 N–H and O–H groups in total. The fraction of sp³-hybridized carbons (Fsp3) is 0.286. The van der Waals surface area contributed by atoms with Crippen LogP contribution in [0.5, 0.6) is 0 Å². The predicted molar refractivity (Wildman–Crippen MR) is 72.3 cm³/mol. The Morgan fingerprint density at radius 1 is 1.00 bits per heavy atom. The van der Waals surface area contributed by atoms with Crippen molar-refractivity contribution in [1.82, 2.24) is 0 Å². The Hall–Kier alpha value is -1.28. The van der Waals surface area contributed by atoms with Gasteiger partial charge >= 0.3 is 0 Å². The normalized spacial score (nSPS) is 10.4. The summed E-state index contributed by atoms with van der Waals surface area (Å²) in [6, 6.07) is 6.63. The molecule has 0 saturated carbocycles. The average molecular weight is 231 g/mol. The lowest BCUT2D eigenvalue weighted by atomic mass is 10.1. The van der Waals surface area contributed by atoms with Crippen molar-refractivity contribution in [2.24, 2.45) is 0 Å². The molecular formula is C14H17NS. The van der Waals surface area contributed by atoms with E-state index in [1.165, 1.54) is 27.9 Å². The van der Waals surface area contributed by atoms with Gasteiger partial charge in [0, 0.05) is 17.6 Å². The lowest BCUT2D eigenvalue weighted by molar-refractivity contribution is 1.13. The third kappa shape index (κ3) is 2.45. The number of aryl methyl sites for hydroxylation is 3. The predicted octanol–water partition coefficient (Wildman–Crippen LogP) is 4.29. The molecule has 0 amide bonds. The number of anilines is 1. The van der Waals surface area contributed by atoms with Crippen molar-refractivity contribution in [1.29, 1.82) is 0 Å². The molecule has 0 aliphatic carbocycles. The van der Waals surface area contributed by atoms with Gasteiger partial charge in [0.25, 0.3) is 0 Å². The summed E-state index contributed by atoms with van der Waals surface area (Å²) in [7, 11) is 0. The maximum Gasteiger partial charge on any atom is 0.0481 e. The molecule has 1 heterocycles. The third-order valence-electron chi connectivity index (χ3n) is 2.91. The molecule has 0 unspecified atom stereocenters. The number of hydrogen-bond acceptors (Lipinski definition) is 2. The maximum atomic E-state index is 3.47. The van der Waals surface area contributed by atoms with Crippen LogP contribution in [0, 0.1) is 20.8 Å². The van der Waals surface area contributed by atoms with Crippen LogP contribution < -0.4 is 5.32 Å². The van der Waals surface area contributed by atoms with Gasteiger partial charge in [0.15, 0.2) is 0 Å². The molecule has 0 atom stereocenters. The second-order valence-electron chi connectivity index (χ2n) is 4.24. The summed E-state index contributed by atoms with van der Waals surface area (Å²) in [6.07, 6.45) is 0. The molecular weight excluding hydrogens is 214 g/mol. The molecule has 0 spiro atoms. The summed E-state index contributed by atoms with van der Waals surface area (Å²) in [5.41, 5.74) is 6.64. The lowest BCUT2D eigenvalue weighted by Gasteiger charge is -2.08. The zero-order valence-electron chi connectivity index (χ0n) is 10.0. The van der Waals surface area contributed by atoms with Crippen LogP contribution in [0.3, 0.4) is 0 Å². The van der Waals surface area contributed by atoms with Gasteiger partial charge in [-0.3, -0.25) is 0 Å². The Labute approximate surface area is 101 Å². The Balaban J connectivity index is 2.05. The number of rotatable bonds is 3. The van der Waals surface area contributed by atoms with E-state index in [2.05, 4.69) is 55.0 Å². The van der Waals surface area contributed by atoms with Crippen molar-refractivity contribution >= 4 is 17.0 Å². The molecule has 16 heavy (non-hydrogen) atoms. The molecule has 1 nitrogen and oxygen atoms in total. The molecule has 1 aromatic carbocycles. The van der Waals surface area contributed by atoms with Gasteiger partial charge in [-0.1, -0.05) is 18.2 Å². The van der Waals surface area contributed by atoms with Crippen LogP contribution in [0.1, 0.15) is 22.3 Å². The minimum Gasteiger partial charge on any atom is -0.380 e. The van der Waals surface area contributed by atoms with Gasteiger partial charge in [-0.25, -0.2) is 0 Å². The fourth-order valence-electron chi connectivity index (χ4n) is 1.65. The monoisotopic (exact) mass is 231 g/mol. The molecule has 2 heteroatoms. The Morgan fingerprint density at radius 2 is 1.81 bits per heavy atom. The van der Waals surface area contributed by atoms with E-state index in [0.717, 1.165) is 6.54 Å². The van der Waals surface area contributed by atoms with E-state index < -0.39 is 0 Å². The SMILES string of the molecule is Cc1ccc(CNc2cscc2C)cc1C. The molecule has 84 valence electrons. The Bertz CT molecular complexity index is 485. The van der Waals surface area contributed by atoms with Crippen LogP contribution in [-0.4, -0.2) is 0 Å². The standard InChI is InChI=1S/C14H17NS/c1-10-4-5-13(6-11(10)2)7-15-14-9-16-8-12(14)3/h4-6,8-9,15H,7H2,1-3H3. The topological polar surface area (TPSA) is 12.0 Å². The summed E-state index contributed by atoms with van der Waals surface area (Å²) >= 11 is 1.74. The quantitative estimate of drug-likeness (QED) is 0.831. The second-order valence-corrected chi connectivity index (χ2v) is 4.98. The van der Waals surface area contributed by atoms with E-state index in [9.17, 15) is 0 Å². The average Bonchev–Trinajstić information content (AvgIpc) is 2.66. The van der Waals surface area contributed by atoms with Gasteiger partial charge in [0.05, 0.1) is 0 Å². The molecule has 2 aromatic rings. The molecule has 0 aliphatic heterocycles. The zero-order valence-corrected chi connectivity index (χ0v) is 10.8. The minimum atomic E-state index is 0.901. The molecule has 0 radical (unpaired) electrons. The van der Waals surface area contributed by atoms with Gasteiger partial charge in [-0.05, 0) is 48.4 Å². The molecule has 1 aromatic heterocycles. The van der Waals surface area contributed by atoms with Gasteiger partial charge in [-0.2, -0.15) is 0 Å². The van der Waals surface area contributed by atoms with Crippen molar-refractivity contribution in [3.05, 3.63) is 51.2 Å². The van der Waals surface area contributed by atoms with Crippen LogP contribution in [0.25, 0.3) is 0 Å². The van der Waals surface area contributed by atoms with E-state index in [1.54, 1.807) is 11.3 Å². The highest BCUT2D eigenvalue weighted by atomic mass is 32.1. The first kappa shape index (κ1) is 11.2. The number of nitrogens with one attached hydrogen (secondary N) is 1. The molecule has 2 rings (SSSR count). The fourth-order valence-corrected chi connectivity index (χ4v) is 2.46. The highest BCUT2D eigenvalue weighted by molar-refractivity contribution is 7.08. The number of benzene rings is 1. The van der Waals surface area contributed by atoms with Gasteiger partial charge in [-0.15, -0.1) is 11.3 Å². The highest BCUT2D eigenvalue weighted by Crippen LogP contribution is 2.20. The molecule has 0 aliphatic rings. The molecule has 0 saturated heterocycles. The van der Waals surface area contributed by atoms with Gasteiger partial charge < -0.3 is 5.32 Å². The van der Waals surface area contributed by atoms with E-state index in [1.807, 2.05) is 0 Å². The van der Waals surface area contributed by atoms with Crippen molar-refractivity contribution < 1.29 is 0 Å². The molecule has 0 fully saturated rings. The zero-order chi connectivity index (χ0) is 11.5. The largest absolute Gasteiger partial charge is 0.380 e. The first-order valence-corrected chi connectivity index (χ1v) is 6.44.